The predicted octanol–water partition coefficient (Wildman–Crippen LogP) is 5.54. The van der Waals surface area contributed by atoms with E-state index in [1.807, 2.05) is 42.3 Å². The van der Waals surface area contributed by atoms with Crippen molar-refractivity contribution in [3.8, 4) is 5.75 Å². The van der Waals surface area contributed by atoms with Gasteiger partial charge < -0.3 is 14.4 Å². The normalized spacial score (nSPS) is 25.3. The predicted molar refractivity (Wildman–Crippen MR) is 151 cm³/mol. The molecule has 1 saturated carbocycles. The molecule has 2 fully saturated rings. The Morgan fingerprint density at radius 2 is 2.00 bits per heavy atom. The fourth-order valence-electron chi connectivity index (χ4n) is 6.32. The molecule has 1 amide bonds. The Labute approximate surface area is 235 Å². The molecule has 1 heterocycles. The van der Waals surface area contributed by atoms with Crippen LogP contribution in [0, 0.1) is 5.92 Å². The maximum Gasteiger partial charge on any atom is 0.308 e. The van der Waals surface area contributed by atoms with Gasteiger partial charge in [0.15, 0.2) is 0 Å². The molecule has 2 aromatic carbocycles. The molecule has 204 valence electrons. The van der Waals surface area contributed by atoms with E-state index in [1.165, 1.54) is 6.92 Å². The summed E-state index contributed by atoms with van der Waals surface area (Å²) in [5, 5.41) is 0.913. The lowest BCUT2D eigenvalue weighted by atomic mass is 9.56. The largest absolute Gasteiger partial charge is 0.427 e. The third-order valence-corrected chi connectivity index (χ3v) is 8.97. The standard InChI is InChI=1S/C30H36Cl2N2O4/c1-5-12-34-13-11-30(22-7-6-8-24(16-22)38-20(2)35)18-23(17-28(37-4)25(30)19-34)33(3)29(36)15-21-9-10-26(31)27(32)14-21/h5-10,14,16,23,25,28H,1,11-13,15,17-19H2,2-4H3/t23-,25-,28?,30-/m0/s1. The first-order valence-corrected chi connectivity index (χ1v) is 13.8. The van der Waals surface area contributed by atoms with Crippen LogP contribution in [0.5, 0.6) is 5.75 Å². The molecule has 1 aliphatic heterocycles. The number of benzene rings is 2. The smallest absolute Gasteiger partial charge is 0.308 e. The molecule has 0 spiro atoms. The Hall–Kier alpha value is -2.38. The van der Waals surface area contributed by atoms with Crippen molar-refractivity contribution >= 4 is 35.1 Å². The van der Waals surface area contributed by atoms with Gasteiger partial charge in [0.1, 0.15) is 5.75 Å². The second-order valence-electron chi connectivity index (χ2n) is 10.5. The highest BCUT2D eigenvalue weighted by Crippen LogP contribution is 2.51. The monoisotopic (exact) mass is 558 g/mol. The molecular weight excluding hydrogens is 523 g/mol. The van der Waals surface area contributed by atoms with Gasteiger partial charge in [-0.1, -0.05) is 47.5 Å². The van der Waals surface area contributed by atoms with Crippen molar-refractivity contribution in [3.05, 3.63) is 76.3 Å². The van der Waals surface area contributed by atoms with E-state index in [9.17, 15) is 9.59 Å². The first-order valence-electron chi connectivity index (χ1n) is 13.0. The van der Waals surface area contributed by atoms with Crippen LogP contribution in [-0.2, 0) is 26.2 Å². The fourth-order valence-corrected chi connectivity index (χ4v) is 6.64. The summed E-state index contributed by atoms with van der Waals surface area (Å²) in [6.45, 7) is 7.94. The summed E-state index contributed by atoms with van der Waals surface area (Å²) in [5.41, 5.74) is 1.71. The summed E-state index contributed by atoms with van der Waals surface area (Å²) in [6, 6.07) is 13.2. The molecular formula is C30H36Cl2N2O4. The van der Waals surface area contributed by atoms with Gasteiger partial charge in [-0.15, -0.1) is 6.58 Å². The molecule has 2 aliphatic rings. The number of amides is 1. The zero-order valence-corrected chi connectivity index (χ0v) is 23.8. The van der Waals surface area contributed by atoms with Crippen molar-refractivity contribution in [2.45, 2.75) is 50.2 Å². The Morgan fingerprint density at radius 3 is 2.68 bits per heavy atom. The molecule has 4 atom stereocenters. The maximum atomic E-state index is 13.4. The minimum Gasteiger partial charge on any atom is -0.427 e. The van der Waals surface area contributed by atoms with Crippen LogP contribution in [-0.4, -0.2) is 67.6 Å². The SMILES string of the molecule is C=CCN1CC[C@@]2(c3cccc(OC(C)=O)c3)C[C@@H](N(C)C(=O)Cc3ccc(Cl)c(Cl)c3)CC(OC)[C@@H]2C1. The molecule has 8 heteroatoms. The summed E-state index contributed by atoms with van der Waals surface area (Å²) in [6.07, 6.45) is 4.59. The molecule has 1 saturated heterocycles. The number of carbonyl (C=O) groups excluding carboxylic acids is 2. The van der Waals surface area contributed by atoms with Crippen LogP contribution in [0.4, 0.5) is 0 Å². The topological polar surface area (TPSA) is 59.1 Å². The zero-order chi connectivity index (χ0) is 27.4. The first-order chi connectivity index (χ1) is 18.2. The molecule has 38 heavy (non-hydrogen) atoms. The lowest BCUT2D eigenvalue weighted by Gasteiger charge is -2.56. The van der Waals surface area contributed by atoms with Crippen molar-refractivity contribution in [3.63, 3.8) is 0 Å². The van der Waals surface area contributed by atoms with Gasteiger partial charge in [-0.2, -0.15) is 0 Å². The number of esters is 1. The number of fused-ring (bicyclic) bond motifs is 1. The van der Waals surface area contributed by atoms with E-state index in [4.69, 9.17) is 32.7 Å². The quantitative estimate of drug-likeness (QED) is 0.242. The van der Waals surface area contributed by atoms with Gasteiger partial charge >= 0.3 is 5.97 Å². The van der Waals surface area contributed by atoms with Crippen LogP contribution in [0.2, 0.25) is 10.0 Å². The maximum absolute atomic E-state index is 13.4. The van der Waals surface area contributed by atoms with E-state index in [0.717, 1.165) is 50.0 Å². The molecule has 6 nitrogen and oxygen atoms in total. The third kappa shape index (κ3) is 6.09. The summed E-state index contributed by atoms with van der Waals surface area (Å²) >= 11 is 12.3. The lowest BCUT2D eigenvalue weighted by molar-refractivity contribution is -0.137. The number of halogens is 2. The highest BCUT2D eigenvalue weighted by Gasteiger charge is 2.53. The fraction of sp³-hybridized carbons (Fsp3) is 0.467. The van der Waals surface area contributed by atoms with Gasteiger partial charge in [0, 0.05) is 51.5 Å². The number of nitrogens with zero attached hydrogens (tertiary/aromatic N) is 2. The molecule has 2 aromatic rings. The highest BCUT2D eigenvalue weighted by molar-refractivity contribution is 6.42. The van der Waals surface area contributed by atoms with Gasteiger partial charge in [0.25, 0.3) is 0 Å². The molecule has 0 radical (unpaired) electrons. The summed E-state index contributed by atoms with van der Waals surface area (Å²) in [5.74, 6) is 0.427. The van der Waals surface area contributed by atoms with Crippen molar-refractivity contribution < 1.29 is 19.1 Å². The number of methoxy groups -OCH3 is 1. The number of hydrogen-bond donors (Lipinski definition) is 0. The number of hydrogen-bond acceptors (Lipinski definition) is 5. The molecule has 1 aliphatic carbocycles. The minimum atomic E-state index is -0.346. The van der Waals surface area contributed by atoms with E-state index < -0.39 is 0 Å². The van der Waals surface area contributed by atoms with Crippen LogP contribution in [0.15, 0.2) is 55.1 Å². The molecule has 0 bridgehead atoms. The van der Waals surface area contributed by atoms with Crippen LogP contribution in [0.25, 0.3) is 0 Å². The Balaban J connectivity index is 1.66. The van der Waals surface area contributed by atoms with Gasteiger partial charge in [0.05, 0.1) is 22.6 Å². The van der Waals surface area contributed by atoms with Crippen molar-refractivity contribution in [2.24, 2.45) is 5.92 Å². The summed E-state index contributed by atoms with van der Waals surface area (Å²) in [7, 11) is 3.64. The lowest BCUT2D eigenvalue weighted by Crippen LogP contribution is -2.61. The van der Waals surface area contributed by atoms with Gasteiger partial charge in [-0.05, 0) is 61.2 Å². The van der Waals surface area contributed by atoms with Crippen LogP contribution < -0.4 is 4.74 Å². The van der Waals surface area contributed by atoms with E-state index in [0.29, 0.717) is 15.8 Å². The first kappa shape index (κ1) is 28.6. The Kier molecular flexibility index (Phi) is 9.19. The summed E-state index contributed by atoms with van der Waals surface area (Å²) in [4.78, 5) is 29.4. The highest BCUT2D eigenvalue weighted by atomic mass is 35.5. The van der Waals surface area contributed by atoms with E-state index in [2.05, 4.69) is 17.5 Å². The van der Waals surface area contributed by atoms with Gasteiger partial charge in [-0.25, -0.2) is 0 Å². The van der Waals surface area contributed by atoms with Crippen molar-refractivity contribution in [2.75, 3.05) is 33.8 Å². The van der Waals surface area contributed by atoms with Crippen LogP contribution in [0.3, 0.4) is 0 Å². The molecule has 4 rings (SSSR count). The molecule has 1 unspecified atom stereocenters. The number of likely N-dealkylation sites (N-methyl/N-ethyl adjacent to an activating group) is 1. The molecule has 0 aromatic heterocycles. The van der Waals surface area contributed by atoms with Crippen LogP contribution >= 0.6 is 23.2 Å². The average Bonchev–Trinajstić information content (AvgIpc) is 2.89. The third-order valence-electron chi connectivity index (χ3n) is 8.23. The van der Waals surface area contributed by atoms with E-state index in [-0.39, 0.29) is 41.8 Å². The number of carbonyl (C=O) groups is 2. The minimum absolute atomic E-state index is 0.0187. The molecule has 0 N–H and O–H groups in total. The number of rotatable bonds is 8. The van der Waals surface area contributed by atoms with Crippen molar-refractivity contribution in [1.82, 2.24) is 9.80 Å². The number of ether oxygens (including phenoxy) is 2. The number of piperidine rings is 1. The van der Waals surface area contributed by atoms with E-state index in [1.54, 1.807) is 19.2 Å². The van der Waals surface area contributed by atoms with Crippen molar-refractivity contribution in [1.29, 1.82) is 0 Å². The van der Waals surface area contributed by atoms with Gasteiger partial charge in [0.2, 0.25) is 5.91 Å². The second kappa shape index (κ2) is 12.2. The Bertz CT molecular complexity index is 1190. The number of likely N-dealkylation sites (tertiary alicyclic amines) is 1. The zero-order valence-electron chi connectivity index (χ0n) is 22.3. The average molecular weight is 560 g/mol. The van der Waals surface area contributed by atoms with Crippen LogP contribution in [0.1, 0.15) is 37.3 Å². The van der Waals surface area contributed by atoms with Gasteiger partial charge in [-0.3, -0.25) is 14.5 Å². The second-order valence-corrected chi connectivity index (χ2v) is 11.3. The Morgan fingerprint density at radius 1 is 1.21 bits per heavy atom. The summed E-state index contributed by atoms with van der Waals surface area (Å²) < 4.78 is 11.6. The van der Waals surface area contributed by atoms with E-state index >= 15 is 0 Å².